The molecule has 0 bridgehead atoms. The van der Waals surface area contributed by atoms with E-state index >= 15 is 0 Å². The molecule has 0 spiro atoms. The maximum atomic E-state index is 14.0. The summed E-state index contributed by atoms with van der Waals surface area (Å²) >= 11 is 0. The van der Waals surface area contributed by atoms with E-state index in [9.17, 15) is 18.8 Å². The van der Waals surface area contributed by atoms with Gasteiger partial charge in [-0.15, -0.1) is 0 Å². The van der Waals surface area contributed by atoms with Crippen molar-refractivity contribution in [2.24, 2.45) is 0 Å². The first-order valence-corrected chi connectivity index (χ1v) is 8.44. The molecule has 1 aliphatic carbocycles. The number of nitrogens with one attached hydrogen (secondary N) is 1. The second kappa shape index (κ2) is 6.52. The van der Waals surface area contributed by atoms with Crippen LogP contribution in [0.15, 0.2) is 12.1 Å². The molecule has 1 aromatic heterocycles. The lowest BCUT2D eigenvalue weighted by Crippen LogP contribution is -2.15. The van der Waals surface area contributed by atoms with Gasteiger partial charge in [-0.05, 0) is 44.4 Å². The van der Waals surface area contributed by atoms with Crippen molar-refractivity contribution in [1.29, 1.82) is 0 Å². The molecule has 0 aliphatic heterocycles. The molecule has 3 rings (SSSR count). The molecule has 2 aromatic rings. The highest BCUT2D eigenvalue weighted by atomic mass is 19.1. The topological polar surface area (TPSA) is 76.2 Å². The molecule has 1 aliphatic rings. The Morgan fingerprint density at radius 3 is 2.62 bits per heavy atom. The summed E-state index contributed by atoms with van der Waals surface area (Å²) in [6, 6.07) is 2.64. The normalized spacial score (nSPS) is 15.9. The number of benzene rings is 1. The molecule has 1 aromatic carbocycles. The van der Waals surface area contributed by atoms with E-state index in [0.29, 0.717) is 28.1 Å². The predicted octanol–water partition coefficient (Wildman–Crippen LogP) is 3.92. The number of aromatic amines is 1. The number of ether oxygens (including phenoxy) is 1. The first-order chi connectivity index (χ1) is 12.2. The fraction of sp³-hybridized carbons (Fsp3) is 0.350. The average Bonchev–Trinajstić information content (AvgIpc) is 3.03. The smallest absolute Gasteiger partial charge is 0.216 e. The van der Waals surface area contributed by atoms with Crippen molar-refractivity contribution in [2.45, 2.75) is 40.0 Å². The number of H-pyrrole nitrogens is 1. The zero-order valence-corrected chi connectivity index (χ0v) is 15.2. The van der Waals surface area contributed by atoms with E-state index in [4.69, 9.17) is 4.74 Å². The molecule has 6 heteroatoms. The van der Waals surface area contributed by atoms with E-state index in [1.54, 1.807) is 20.8 Å². The van der Waals surface area contributed by atoms with E-state index in [2.05, 4.69) is 4.98 Å². The monoisotopic (exact) mass is 357 g/mol. The van der Waals surface area contributed by atoms with Gasteiger partial charge in [0.25, 0.3) is 0 Å². The Hall–Kier alpha value is -2.76. The Kier molecular flexibility index (Phi) is 4.52. The molecule has 0 radical (unpaired) electrons. The third kappa shape index (κ3) is 2.85. The Morgan fingerprint density at radius 1 is 1.31 bits per heavy atom. The molecule has 1 atom stereocenters. The van der Waals surface area contributed by atoms with Crippen LogP contribution in [0.4, 0.5) is 4.39 Å². The van der Waals surface area contributed by atoms with Gasteiger partial charge in [-0.3, -0.25) is 14.4 Å². The molecule has 0 fully saturated rings. The van der Waals surface area contributed by atoms with Gasteiger partial charge in [0, 0.05) is 23.2 Å². The molecule has 0 amide bonds. The van der Waals surface area contributed by atoms with Crippen molar-refractivity contribution in [3.05, 3.63) is 51.6 Å². The van der Waals surface area contributed by atoms with Gasteiger partial charge in [-0.2, -0.15) is 0 Å². The maximum absolute atomic E-state index is 14.0. The van der Waals surface area contributed by atoms with Crippen LogP contribution in [-0.2, 0) is 0 Å². The predicted molar refractivity (Wildman–Crippen MR) is 93.9 cm³/mol. The summed E-state index contributed by atoms with van der Waals surface area (Å²) in [7, 11) is 0. The van der Waals surface area contributed by atoms with Crippen molar-refractivity contribution < 1.29 is 23.5 Å². The Balaban J connectivity index is 1.85. The summed E-state index contributed by atoms with van der Waals surface area (Å²) in [4.78, 5) is 39.3. The lowest BCUT2D eigenvalue weighted by molar-refractivity contribution is 0.0907. The molecule has 136 valence electrons. The largest absolute Gasteiger partial charge is 0.485 e. The van der Waals surface area contributed by atoms with Crippen LogP contribution in [0.2, 0.25) is 0 Å². The molecule has 0 saturated carbocycles. The third-order valence-corrected chi connectivity index (χ3v) is 4.84. The van der Waals surface area contributed by atoms with Gasteiger partial charge in [0.2, 0.25) is 5.78 Å². The summed E-state index contributed by atoms with van der Waals surface area (Å²) in [6.07, 6.45) is 0.234. The average molecular weight is 357 g/mol. The maximum Gasteiger partial charge on any atom is 0.216 e. The number of hydrogen-bond donors (Lipinski definition) is 1. The Morgan fingerprint density at radius 2 is 2.00 bits per heavy atom. The SMILES string of the molecule is CC(=O)c1c(C)[nH]c(C(=O)COc2ccc(F)c3c2C(=O)CC3C)c1C. The van der Waals surface area contributed by atoms with Crippen LogP contribution in [0.5, 0.6) is 5.75 Å². The van der Waals surface area contributed by atoms with E-state index in [-0.39, 0.29) is 47.6 Å². The van der Waals surface area contributed by atoms with Crippen molar-refractivity contribution in [3.8, 4) is 5.75 Å². The van der Waals surface area contributed by atoms with E-state index < -0.39 is 5.82 Å². The molecule has 26 heavy (non-hydrogen) atoms. The fourth-order valence-electron chi connectivity index (χ4n) is 3.72. The molecule has 1 unspecified atom stereocenters. The molecular weight excluding hydrogens is 337 g/mol. The van der Waals surface area contributed by atoms with Crippen LogP contribution in [0.3, 0.4) is 0 Å². The van der Waals surface area contributed by atoms with E-state index in [0.717, 1.165) is 0 Å². The summed E-state index contributed by atoms with van der Waals surface area (Å²) in [5, 5.41) is 0. The Labute approximate surface area is 150 Å². The minimum atomic E-state index is -0.432. The lowest BCUT2D eigenvalue weighted by Gasteiger charge is -2.11. The summed E-state index contributed by atoms with van der Waals surface area (Å²) in [5.41, 5.74) is 2.61. The third-order valence-electron chi connectivity index (χ3n) is 4.84. The van der Waals surface area contributed by atoms with Gasteiger partial charge in [0.05, 0.1) is 11.3 Å². The molecular formula is C20H20FNO4. The molecule has 5 nitrogen and oxygen atoms in total. The van der Waals surface area contributed by atoms with E-state index in [1.165, 1.54) is 19.1 Å². The highest BCUT2D eigenvalue weighted by Crippen LogP contribution is 2.39. The first kappa shape index (κ1) is 18.0. The second-order valence-corrected chi connectivity index (χ2v) is 6.76. The number of halogens is 1. The minimum absolute atomic E-state index is 0.118. The van der Waals surface area contributed by atoms with Gasteiger partial charge in [0.15, 0.2) is 18.2 Å². The van der Waals surface area contributed by atoms with Gasteiger partial charge in [-0.25, -0.2) is 4.39 Å². The standard InChI is InChI=1S/C20H20FNO4/c1-9-7-14(24)19-16(6-5-13(21)17(9)19)26-8-15(25)20-10(2)18(12(4)23)11(3)22-20/h5-6,9,22H,7-8H2,1-4H3. The van der Waals surface area contributed by atoms with Crippen LogP contribution < -0.4 is 4.74 Å². The lowest BCUT2D eigenvalue weighted by atomic mass is 10.0. The van der Waals surface area contributed by atoms with Gasteiger partial charge in [-0.1, -0.05) is 6.92 Å². The van der Waals surface area contributed by atoms with Crippen LogP contribution in [-0.4, -0.2) is 28.9 Å². The molecule has 1 N–H and O–H groups in total. The number of aromatic nitrogens is 1. The highest BCUT2D eigenvalue weighted by Gasteiger charge is 2.32. The Bertz CT molecular complexity index is 942. The number of carbonyl (C=O) groups excluding carboxylic acids is 3. The van der Waals surface area contributed by atoms with Crippen LogP contribution in [0.1, 0.15) is 74.2 Å². The highest BCUT2D eigenvalue weighted by molar-refractivity contribution is 6.05. The van der Waals surface area contributed by atoms with Crippen molar-refractivity contribution in [2.75, 3.05) is 6.61 Å². The van der Waals surface area contributed by atoms with Crippen molar-refractivity contribution in [1.82, 2.24) is 4.98 Å². The first-order valence-electron chi connectivity index (χ1n) is 8.44. The zero-order chi connectivity index (χ0) is 19.2. The zero-order valence-electron chi connectivity index (χ0n) is 15.2. The van der Waals surface area contributed by atoms with Crippen molar-refractivity contribution in [3.63, 3.8) is 0 Å². The number of rotatable bonds is 5. The van der Waals surface area contributed by atoms with Gasteiger partial charge in [0.1, 0.15) is 11.6 Å². The quantitative estimate of drug-likeness (QED) is 0.823. The van der Waals surface area contributed by atoms with Gasteiger partial charge < -0.3 is 9.72 Å². The second-order valence-electron chi connectivity index (χ2n) is 6.76. The van der Waals surface area contributed by atoms with Crippen LogP contribution >= 0.6 is 0 Å². The van der Waals surface area contributed by atoms with Crippen LogP contribution in [0.25, 0.3) is 0 Å². The number of hydrogen-bond acceptors (Lipinski definition) is 4. The van der Waals surface area contributed by atoms with E-state index in [1.807, 2.05) is 0 Å². The fourth-order valence-corrected chi connectivity index (χ4v) is 3.72. The summed E-state index contributed by atoms with van der Waals surface area (Å²) < 4.78 is 19.6. The number of ketones is 3. The summed E-state index contributed by atoms with van der Waals surface area (Å²) in [5.74, 6) is -1.05. The number of aryl methyl sites for hydroxylation is 1. The number of carbonyl (C=O) groups is 3. The summed E-state index contributed by atoms with van der Waals surface area (Å²) in [6.45, 7) is 6.36. The van der Waals surface area contributed by atoms with Crippen molar-refractivity contribution >= 4 is 17.3 Å². The number of fused-ring (bicyclic) bond motifs is 1. The van der Waals surface area contributed by atoms with Gasteiger partial charge >= 0.3 is 0 Å². The number of Topliss-reactive ketones (excluding diaryl/α,β-unsaturated/α-hetero) is 3. The minimum Gasteiger partial charge on any atom is -0.485 e. The van der Waals surface area contributed by atoms with Crippen LogP contribution in [0, 0.1) is 19.7 Å². The molecule has 1 heterocycles. The molecule has 0 saturated heterocycles.